The second-order valence-electron chi connectivity index (χ2n) is 5.21. The maximum atomic E-state index is 12.1. The zero-order valence-electron chi connectivity index (χ0n) is 12.3. The highest BCUT2D eigenvalue weighted by Crippen LogP contribution is 2.15. The quantitative estimate of drug-likeness (QED) is 0.786. The van der Waals surface area contributed by atoms with Crippen LogP contribution in [0.3, 0.4) is 0 Å². The Morgan fingerprint density at radius 2 is 2.24 bits per heavy atom. The predicted molar refractivity (Wildman–Crippen MR) is 80.4 cm³/mol. The average Bonchev–Trinajstić information content (AvgIpc) is 2.49. The first-order chi connectivity index (χ1) is 10.1. The molecule has 1 saturated heterocycles. The molecule has 2 rings (SSSR count). The van der Waals surface area contributed by atoms with Crippen LogP contribution in [0.1, 0.15) is 31.2 Å². The van der Waals surface area contributed by atoms with Gasteiger partial charge in [-0.05, 0) is 44.4 Å². The number of hydrogen-bond acceptors (Lipinski definition) is 5. The highest BCUT2D eigenvalue weighted by molar-refractivity contribution is 7.89. The van der Waals surface area contributed by atoms with Crippen molar-refractivity contribution in [2.45, 2.75) is 43.4 Å². The van der Waals surface area contributed by atoms with Crippen molar-refractivity contribution in [2.24, 2.45) is 0 Å². The third kappa shape index (κ3) is 5.03. The summed E-state index contributed by atoms with van der Waals surface area (Å²) in [4.78, 5) is 4.01. The van der Waals surface area contributed by atoms with E-state index < -0.39 is 10.0 Å². The van der Waals surface area contributed by atoms with Gasteiger partial charge in [0.25, 0.3) is 10.0 Å². The minimum absolute atomic E-state index is 0.0620. The summed E-state index contributed by atoms with van der Waals surface area (Å²) in [7, 11) is -1.70. The zero-order chi connectivity index (χ0) is 15.1. The van der Waals surface area contributed by atoms with E-state index in [9.17, 15) is 8.42 Å². The molecule has 1 aliphatic heterocycles. The van der Waals surface area contributed by atoms with E-state index in [2.05, 4.69) is 15.0 Å². The molecule has 0 aromatic carbocycles. The van der Waals surface area contributed by atoms with Gasteiger partial charge in [0.1, 0.15) is 0 Å². The molecule has 0 bridgehead atoms. The number of sulfonamides is 1. The third-order valence-corrected chi connectivity index (χ3v) is 4.86. The van der Waals surface area contributed by atoms with Gasteiger partial charge in [0.15, 0.2) is 5.03 Å². The summed E-state index contributed by atoms with van der Waals surface area (Å²) in [5.41, 5.74) is 0.951. The van der Waals surface area contributed by atoms with E-state index in [1.54, 1.807) is 12.3 Å². The highest BCUT2D eigenvalue weighted by atomic mass is 32.2. The predicted octanol–water partition coefficient (Wildman–Crippen LogP) is 1.04. The van der Waals surface area contributed by atoms with Crippen LogP contribution in [0, 0.1) is 0 Å². The summed E-state index contributed by atoms with van der Waals surface area (Å²) in [5.74, 6) is 0. The summed E-state index contributed by atoms with van der Waals surface area (Å²) in [5, 5.41) is 3.06. The Morgan fingerprint density at radius 1 is 1.38 bits per heavy atom. The number of nitrogens with zero attached hydrogens (tertiary/aromatic N) is 1. The van der Waals surface area contributed by atoms with Crippen LogP contribution in [0.4, 0.5) is 0 Å². The average molecular weight is 313 g/mol. The lowest BCUT2D eigenvalue weighted by molar-refractivity contribution is 0.0123. The van der Waals surface area contributed by atoms with Gasteiger partial charge < -0.3 is 10.1 Å². The van der Waals surface area contributed by atoms with Crippen LogP contribution in [0.25, 0.3) is 0 Å². The SMILES string of the molecule is CNCc1ccc(S(=O)(=O)NCCC2CCCCO2)nc1. The van der Waals surface area contributed by atoms with Crippen LogP contribution < -0.4 is 10.0 Å². The highest BCUT2D eigenvalue weighted by Gasteiger charge is 2.18. The first-order valence-corrected chi connectivity index (χ1v) is 8.81. The molecule has 0 aliphatic carbocycles. The van der Waals surface area contributed by atoms with Crippen molar-refractivity contribution in [3.8, 4) is 0 Å². The molecule has 118 valence electrons. The van der Waals surface area contributed by atoms with Crippen LogP contribution in [-0.2, 0) is 21.3 Å². The summed E-state index contributed by atoms with van der Waals surface area (Å²) in [6.07, 6.45) is 5.73. The van der Waals surface area contributed by atoms with E-state index in [1.165, 1.54) is 6.07 Å². The molecule has 6 nitrogen and oxygen atoms in total. The fourth-order valence-electron chi connectivity index (χ4n) is 2.34. The standard InChI is InChI=1S/C14H23N3O3S/c1-15-10-12-5-6-14(16-11-12)21(18,19)17-8-7-13-4-2-3-9-20-13/h5-6,11,13,15,17H,2-4,7-10H2,1H3. The number of aromatic nitrogens is 1. The van der Waals surface area contributed by atoms with Crippen molar-refractivity contribution in [3.05, 3.63) is 23.9 Å². The van der Waals surface area contributed by atoms with Gasteiger partial charge in [-0.15, -0.1) is 0 Å². The van der Waals surface area contributed by atoms with Gasteiger partial charge in [-0.1, -0.05) is 6.07 Å². The lowest BCUT2D eigenvalue weighted by Gasteiger charge is -2.22. The molecule has 7 heteroatoms. The van der Waals surface area contributed by atoms with Gasteiger partial charge in [-0.2, -0.15) is 0 Å². The van der Waals surface area contributed by atoms with Crippen LogP contribution in [0.5, 0.6) is 0 Å². The maximum absolute atomic E-state index is 12.1. The molecular weight excluding hydrogens is 290 g/mol. The van der Waals surface area contributed by atoms with Crippen LogP contribution in [0.2, 0.25) is 0 Å². The molecule has 1 aromatic rings. The maximum Gasteiger partial charge on any atom is 0.258 e. The molecule has 0 amide bonds. The largest absolute Gasteiger partial charge is 0.378 e. The molecule has 1 atom stereocenters. The van der Waals surface area contributed by atoms with Gasteiger partial charge in [0.05, 0.1) is 6.10 Å². The molecule has 0 radical (unpaired) electrons. The normalized spacial score (nSPS) is 19.6. The Hall–Kier alpha value is -1.02. The lowest BCUT2D eigenvalue weighted by Crippen LogP contribution is -2.30. The topological polar surface area (TPSA) is 80.3 Å². The van der Waals surface area contributed by atoms with Crippen LogP contribution >= 0.6 is 0 Å². The first-order valence-electron chi connectivity index (χ1n) is 7.32. The lowest BCUT2D eigenvalue weighted by atomic mass is 10.1. The molecule has 1 fully saturated rings. The molecule has 1 aliphatic rings. The van der Waals surface area contributed by atoms with E-state index >= 15 is 0 Å². The Morgan fingerprint density at radius 3 is 2.86 bits per heavy atom. The molecule has 1 unspecified atom stereocenters. The summed E-state index contributed by atoms with van der Waals surface area (Å²) in [6, 6.07) is 3.30. The third-order valence-electron chi connectivity index (χ3n) is 3.49. The molecular formula is C14H23N3O3S. The number of ether oxygens (including phenoxy) is 1. The van der Waals surface area contributed by atoms with Gasteiger partial charge in [0.2, 0.25) is 0 Å². The van der Waals surface area contributed by atoms with E-state index in [0.29, 0.717) is 19.5 Å². The Balaban J connectivity index is 1.85. The Labute approximate surface area is 126 Å². The van der Waals surface area contributed by atoms with Crippen molar-refractivity contribution in [1.29, 1.82) is 0 Å². The molecule has 0 spiro atoms. The van der Waals surface area contributed by atoms with Crippen molar-refractivity contribution in [1.82, 2.24) is 15.0 Å². The minimum Gasteiger partial charge on any atom is -0.378 e. The van der Waals surface area contributed by atoms with Crippen molar-refractivity contribution < 1.29 is 13.2 Å². The van der Waals surface area contributed by atoms with E-state index in [1.807, 2.05) is 7.05 Å². The molecule has 0 saturated carbocycles. The second-order valence-corrected chi connectivity index (χ2v) is 6.92. The molecule has 2 N–H and O–H groups in total. The van der Waals surface area contributed by atoms with Crippen molar-refractivity contribution in [3.63, 3.8) is 0 Å². The summed E-state index contributed by atoms with van der Waals surface area (Å²) < 4.78 is 32.4. The molecule has 21 heavy (non-hydrogen) atoms. The van der Waals surface area contributed by atoms with Crippen molar-refractivity contribution >= 4 is 10.0 Å². The van der Waals surface area contributed by atoms with Crippen LogP contribution in [-0.4, -0.2) is 39.7 Å². The fraction of sp³-hybridized carbons (Fsp3) is 0.643. The number of hydrogen-bond donors (Lipinski definition) is 2. The smallest absolute Gasteiger partial charge is 0.258 e. The fourth-order valence-corrected chi connectivity index (χ4v) is 3.32. The van der Waals surface area contributed by atoms with E-state index in [-0.39, 0.29) is 11.1 Å². The Kier molecular flexibility index (Phi) is 6.10. The van der Waals surface area contributed by atoms with Gasteiger partial charge in [-0.25, -0.2) is 18.1 Å². The van der Waals surface area contributed by atoms with Gasteiger partial charge in [-0.3, -0.25) is 0 Å². The molecule has 2 heterocycles. The minimum atomic E-state index is -3.53. The second kappa shape index (κ2) is 7.84. The van der Waals surface area contributed by atoms with Gasteiger partial charge in [0, 0.05) is 25.9 Å². The van der Waals surface area contributed by atoms with Crippen molar-refractivity contribution in [2.75, 3.05) is 20.2 Å². The number of pyridine rings is 1. The Bertz CT molecular complexity index is 525. The number of rotatable bonds is 7. The van der Waals surface area contributed by atoms with Crippen LogP contribution in [0.15, 0.2) is 23.4 Å². The van der Waals surface area contributed by atoms with Gasteiger partial charge >= 0.3 is 0 Å². The number of nitrogens with one attached hydrogen (secondary N) is 2. The summed E-state index contributed by atoms with van der Waals surface area (Å²) in [6.45, 7) is 1.83. The monoisotopic (exact) mass is 313 g/mol. The first kappa shape index (κ1) is 16.4. The zero-order valence-corrected chi connectivity index (χ0v) is 13.2. The van der Waals surface area contributed by atoms with E-state index in [4.69, 9.17) is 4.74 Å². The van der Waals surface area contributed by atoms with E-state index in [0.717, 1.165) is 31.4 Å². The summed E-state index contributed by atoms with van der Waals surface area (Å²) >= 11 is 0. The molecule has 1 aromatic heterocycles.